The summed E-state index contributed by atoms with van der Waals surface area (Å²) in [5, 5.41) is 12.2. The van der Waals surface area contributed by atoms with Gasteiger partial charge in [0, 0.05) is 31.9 Å². The number of rotatable bonds is 4. The summed E-state index contributed by atoms with van der Waals surface area (Å²) in [6.07, 6.45) is 0. The number of furan rings is 1. The second kappa shape index (κ2) is 11.0. The minimum absolute atomic E-state index is 0.880. The fourth-order valence-corrected chi connectivity index (χ4v) is 9.26. The van der Waals surface area contributed by atoms with Gasteiger partial charge in [0.05, 0.1) is 16.1 Å². The van der Waals surface area contributed by atoms with Gasteiger partial charge in [0.1, 0.15) is 5.58 Å². The van der Waals surface area contributed by atoms with Crippen molar-refractivity contribution in [3.05, 3.63) is 176 Å². The van der Waals surface area contributed by atoms with E-state index in [0.717, 1.165) is 39.0 Å². The van der Waals surface area contributed by atoms with Crippen molar-refractivity contribution < 1.29 is 4.42 Å². The first kappa shape index (κ1) is 28.4. The van der Waals surface area contributed by atoms with E-state index in [1.54, 1.807) is 0 Å². The van der Waals surface area contributed by atoms with Gasteiger partial charge in [-0.15, -0.1) is 11.3 Å². The molecule has 2 nitrogen and oxygen atoms in total. The van der Waals surface area contributed by atoms with E-state index in [4.69, 9.17) is 4.42 Å². The molecule has 3 heteroatoms. The minimum atomic E-state index is 0.880. The molecule has 0 radical (unpaired) electrons. The Hall–Kier alpha value is -6.42. The molecule has 0 fully saturated rings. The van der Waals surface area contributed by atoms with Crippen LogP contribution in [0.25, 0.3) is 85.6 Å². The molecule has 2 aromatic heterocycles. The maximum absolute atomic E-state index is 6.87. The topological polar surface area (TPSA) is 16.4 Å². The van der Waals surface area contributed by atoms with Crippen LogP contribution in [0.4, 0.5) is 17.1 Å². The maximum atomic E-state index is 6.87. The molecule has 0 saturated carbocycles. The van der Waals surface area contributed by atoms with Gasteiger partial charge in [-0.3, -0.25) is 0 Å². The van der Waals surface area contributed by atoms with Crippen LogP contribution in [0.3, 0.4) is 0 Å². The molecule has 11 rings (SSSR count). The molecule has 0 saturated heterocycles. The first-order chi connectivity index (χ1) is 25.3. The minimum Gasteiger partial charge on any atom is -0.454 e. The van der Waals surface area contributed by atoms with Crippen molar-refractivity contribution in [3.8, 4) is 11.1 Å². The summed E-state index contributed by atoms with van der Waals surface area (Å²) in [7, 11) is 0. The van der Waals surface area contributed by atoms with Gasteiger partial charge in [-0.05, 0) is 85.9 Å². The molecule has 238 valence electrons. The van der Waals surface area contributed by atoms with Gasteiger partial charge in [-0.2, -0.15) is 0 Å². The van der Waals surface area contributed by atoms with Crippen molar-refractivity contribution >= 4 is 103 Å². The zero-order valence-electron chi connectivity index (χ0n) is 27.5. The smallest absolute Gasteiger partial charge is 0.159 e. The molecule has 0 atom stereocenters. The van der Waals surface area contributed by atoms with Gasteiger partial charge in [-0.25, -0.2) is 0 Å². The van der Waals surface area contributed by atoms with Gasteiger partial charge >= 0.3 is 0 Å². The standard InChI is InChI=1S/C48H29NOS/c1-2-12-33-28-34(21-20-30(33)10-1)31-22-25-36(26-23-31)49(41-18-9-17-40-45-37-14-5-3-11-32(37)24-27-43(45)50-47(40)41)42-29-35-13-4-6-15-38(35)46-39-16-7-8-19-44(39)51-48(42)46/h1-29H. The highest BCUT2D eigenvalue weighted by Gasteiger charge is 2.24. The quantitative estimate of drug-likeness (QED) is 0.186. The average molecular weight is 668 g/mol. The average Bonchev–Trinajstić information content (AvgIpc) is 3.78. The second-order valence-electron chi connectivity index (χ2n) is 13.3. The lowest BCUT2D eigenvalue weighted by Gasteiger charge is -2.27. The van der Waals surface area contributed by atoms with E-state index in [0.29, 0.717) is 0 Å². The molecule has 0 aliphatic rings. The lowest BCUT2D eigenvalue weighted by Crippen LogP contribution is -2.10. The van der Waals surface area contributed by atoms with Gasteiger partial charge < -0.3 is 9.32 Å². The fourth-order valence-electron chi connectivity index (χ4n) is 8.03. The number of anilines is 3. The first-order valence-electron chi connectivity index (χ1n) is 17.3. The highest BCUT2D eigenvalue weighted by Crippen LogP contribution is 2.50. The number of hydrogen-bond donors (Lipinski definition) is 0. The van der Waals surface area contributed by atoms with Crippen LogP contribution in [-0.2, 0) is 0 Å². The van der Waals surface area contributed by atoms with E-state index in [9.17, 15) is 0 Å². The molecule has 0 aliphatic heterocycles. The van der Waals surface area contributed by atoms with Crippen LogP contribution in [0.1, 0.15) is 0 Å². The number of para-hydroxylation sites is 1. The summed E-state index contributed by atoms with van der Waals surface area (Å²) >= 11 is 1.86. The number of hydrogen-bond acceptors (Lipinski definition) is 3. The predicted octanol–water partition coefficient (Wildman–Crippen LogP) is 14.6. The van der Waals surface area contributed by atoms with Crippen LogP contribution in [0.15, 0.2) is 180 Å². The first-order valence-corrected chi connectivity index (χ1v) is 18.2. The molecule has 11 aromatic rings. The molecular formula is C48H29NOS. The van der Waals surface area contributed by atoms with Gasteiger partial charge in [0.15, 0.2) is 5.58 Å². The second-order valence-corrected chi connectivity index (χ2v) is 14.3. The Balaban J connectivity index is 1.20. The zero-order valence-corrected chi connectivity index (χ0v) is 28.3. The van der Waals surface area contributed by atoms with Crippen LogP contribution >= 0.6 is 11.3 Å². The molecule has 0 aliphatic carbocycles. The largest absolute Gasteiger partial charge is 0.454 e. The maximum Gasteiger partial charge on any atom is 0.159 e. The molecule has 51 heavy (non-hydrogen) atoms. The molecule has 0 spiro atoms. The van der Waals surface area contributed by atoms with Crippen LogP contribution in [0, 0.1) is 0 Å². The Labute approximate surface area is 298 Å². The number of nitrogens with zero attached hydrogens (tertiary/aromatic N) is 1. The monoisotopic (exact) mass is 667 g/mol. The van der Waals surface area contributed by atoms with E-state index in [2.05, 4.69) is 181 Å². The molecule has 0 amide bonds. The Kier molecular flexibility index (Phi) is 6.16. The summed E-state index contributed by atoms with van der Waals surface area (Å²) in [4.78, 5) is 2.42. The van der Waals surface area contributed by atoms with E-state index in [1.807, 2.05) is 11.3 Å². The molecule has 2 heterocycles. The highest BCUT2D eigenvalue weighted by atomic mass is 32.1. The van der Waals surface area contributed by atoms with Crippen molar-refractivity contribution in [1.82, 2.24) is 0 Å². The third kappa shape index (κ3) is 4.35. The van der Waals surface area contributed by atoms with Crippen molar-refractivity contribution in [2.45, 2.75) is 0 Å². The van der Waals surface area contributed by atoms with Crippen molar-refractivity contribution in [2.75, 3.05) is 4.90 Å². The normalized spacial score (nSPS) is 11.9. The van der Waals surface area contributed by atoms with E-state index in [1.165, 1.54) is 63.6 Å². The van der Waals surface area contributed by atoms with E-state index in [-0.39, 0.29) is 0 Å². The van der Waals surface area contributed by atoms with Gasteiger partial charge in [-0.1, -0.05) is 133 Å². The van der Waals surface area contributed by atoms with Crippen LogP contribution in [-0.4, -0.2) is 0 Å². The summed E-state index contributed by atoms with van der Waals surface area (Å²) in [6, 6.07) is 63.7. The number of fused-ring (bicyclic) bond motifs is 11. The van der Waals surface area contributed by atoms with Crippen molar-refractivity contribution in [1.29, 1.82) is 0 Å². The number of thiophene rings is 1. The molecule has 0 bridgehead atoms. The third-order valence-electron chi connectivity index (χ3n) is 10.4. The summed E-state index contributed by atoms with van der Waals surface area (Å²) in [6.45, 7) is 0. The van der Waals surface area contributed by atoms with Crippen molar-refractivity contribution in [2.24, 2.45) is 0 Å². The van der Waals surface area contributed by atoms with Gasteiger partial charge in [0.25, 0.3) is 0 Å². The zero-order chi connectivity index (χ0) is 33.5. The SMILES string of the molecule is c1ccc2cc(-c3ccc(N(c4cccc5c4oc4ccc6ccccc6c45)c4cc5ccccc5c5c4sc4ccccc45)cc3)ccc2c1. The lowest BCUT2D eigenvalue weighted by molar-refractivity contribution is 0.669. The summed E-state index contributed by atoms with van der Waals surface area (Å²) < 4.78 is 9.41. The van der Waals surface area contributed by atoms with E-state index < -0.39 is 0 Å². The Morgan fingerprint density at radius 2 is 1.06 bits per heavy atom. The van der Waals surface area contributed by atoms with Crippen LogP contribution in [0.2, 0.25) is 0 Å². The summed E-state index contributed by atoms with van der Waals surface area (Å²) in [5.74, 6) is 0. The van der Waals surface area contributed by atoms with E-state index >= 15 is 0 Å². The van der Waals surface area contributed by atoms with Crippen molar-refractivity contribution in [3.63, 3.8) is 0 Å². The Morgan fingerprint density at radius 3 is 1.90 bits per heavy atom. The molecule has 9 aromatic carbocycles. The molecular weight excluding hydrogens is 639 g/mol. The predicted molar refractivity (Wildman–Crippen MR) is 219 cm³/mol. The lowest BCUT2D eigenvalue weighted by atomic mass is 9.99. The Bertz CT molecular complexity index is 3150. The number of benzene rings is 9. The third-order valence-corrected chi connectivity index (χ3v) is 11.6. The van der Waals surface area contributed by atoms with Gasteiger partial charge in [0.2, 0.25) is 0 Å². The summed E-state index contributed by atoms with van der Waals surface area (Å²) in [5.41, 5.74) is 7.39. The molecule has 0 N–H and O–H groups in total. The highest BCUT2D eigenvalue weighted by molar-refractivity contribution is 7.26. The van der Waals surface area contributed by atoms with Crippen LogP contribution < -0.4 is 4.90 Å². The molecule has 0 unspecified atom stereocenters. The Morgan fingerprint density at radius 1 is 0.412 bits per heavy atom. The van der Waals surface area contributed by atoms with Crippen LogP contribution in [0.5, 0.6) is 0 Å². The fraction of sp³-hybridized carbons (Fsp3) is 0.